The number of fused-ring (bicyclic) bond motifs is 1. The minimum Gasteiger partial charge on any atom is -0.445 e. The number of likely N-dealkylation sites (tertiary alicyclic amines) is 1. The van der Waals surface area contributed by atoms with Gasteiger partial charge < -0.3 is 18.6 Å². The van der Waals surface area contributed by atoms with Crippen LogP contribution in [0.3, 0.4) is 0 Å². The number of carbonyl (C=O) groups excluding carboxylic acids is 2. The summed E-state index contributed by atoms with van der Waals surface area (Å²) < 4.78 is 54.9. The molecule has 234 valence electrons. The lowest BCUT2D eigenvalue weighted by Crippen LogP contribution is -2.55. The number of hydrogen-bond acceptors (Lipinski definition) is 5. The van der Waals surface area contributed by atoms with Crippen LogP contribution in [-0.4, -0.2) is 53.3 Å². The number of Topliss-reactive ketones (excluding diaryl/α,β-unsaturated/α-hetero) is 1. The number of ketones is 1. The summed E-state index contributed by atoms with van der Waals surface area (Å²) in [5, 5.41) is 0. The van der Waals surface area contributed by atoms with Crippen molar-refractivity contribution < 1.29 is 31.9 Å². The third kappa shape index (κ3) is 8.69. The van der Waals surface area contributed by atoms with Crippen LogP contribution in [-0.2, 0) is 33.3 Å². The van der Waals surface area contributed by atoms with Crippen molar-refractivity contribution in [2.45, 2.75) is 90.6 Å². The number of aromatic nitrogens is 2. The largest absolute Gasteiger partial charge is 0.445 e. The van der Waals surface area contributed by atoms with E-state index in [0.717, 1.165) is 11.6 Å². The van der Waals surface area contributed by atoms with Gasteiger partial charge in [-0.1, -0.05) is 67.0 Å². The Bertz CT molecular complexity index is 1440. The number of benzene rings is 2. The maximum absolute atomic E-state index is 13.7. The average Bonchev–Trinajstić information content (AvgIpc) is 3.28. The molecular weight excluding hydrogens is 643 g/mol. The minimum absolute atomic E-state index is 0.0204. The van der Waals surface area contributed by atoms with Crippen LogP contribution in [0.2, 0.25) is 19.1 Å². The summed E-state index contributed by atoms with van der Waals surface area (Å²) in [5.74, 6) is -0.243. The third-order valence-corrected chi connectivity index (χ3v) is 10.9. The number of nitrogens with zero attached hydrogens (tertiary/aromatic N) is 3. The summed E-state index contributed by atoms with van der Waals surface area (Å²) in [4.78, 5) is 32.5. The predicted octanol–water partition coefficient (Wildman–Crippen LogP) is 8.21. The normalized spacial score (nSPS) is 18.2. The zero-order valence-corrected chi connectivity index (χ0v) is 27.8. The number of hydrogen-bond donors (Lipinski definition) is 0. The van der Waals surface area contributed by atoms with Gasteiger partial charge in [0.1, 0.15) is 12.1 Å². The molecule has 0 unspecified atom stereocenters. The molecule has 3 aromatic rings. The lowest BCUT2D eigenvalue weighted by atomic mass is 9.95. The van der Waals surface area contributed by atoms with E-state index in [1.807, 2.05) is 30.3 Å². The van der Waals surface area contributed by atoms with E-state index < -0.39 is 32.2 Å². The molecule has 1 aliphatic rings. The van der Waals surface area contributed by atoms with Crippen molar-refractivity contribution in [3.05, 3.63) is 64.4 Å². The second kappa shape index (κ2) is 13.1. The standard InChI is InChI=1S/C31H39BrF3N3O4Si/c1-30(2,3)19-43(4,5)42-26-12-9-15-38(29(40)41-18-21-10-7-6-8-11-21)25(26)16-22(39)17-37-20-36-28-24(37)14-13-23(32)27(28)31(33,34)35/h6-8,10-11,13-14,20,25-26H,9,12,15-19H2,1-5H3/t25-,26+/m1/s1. The highest BCUT2D eigenvalue weighted by atomic mass is 79.9. The van der Waals surface area contributed by atoms with Gasteiger partial charge in [0.25, 0.3) is 0 Å². The van der Waals surface area contributed by atoms with E-state index in [-0.39, 0.29) is 52.4 Å². The highest BCUT2D eigenvalue weighted by Crippen LogP contribution is 2.39. The van der Waals surface area contributed by atoms with Crippen molar-refractivity contribution in [3.63, 3.8) is 0 Å². The van der Waals surface area contributed by atoms with Crippen LogP contribution in [0.25, 0.3) is 11.0 Å². The Balaban J connectivity index is 1.57. The second-order valence-corrected chi connectivity index (χ2v) is 18.0. The number of ether oxygens (including phenoxy) is 1. The molecule has 2 atom stereocenters. The Labute approximate surface area is 260 Å². The molecule has 1 aliphatic heterocycles. The second-order valence-electron chi connectivity index (χ2n) is 13.0. The van der Waals surface area contributed by atoms with Crippen LogP contribution in [0.1, 0.15) is 51.2 Å². The Hall–Kier alpha value is -2.70. The van der Waals surface area contributed by atoms with E-state index >= 15 is 0 Å². The minimum atomic E-state index is -4.61. The average molecular weight is 683 g/mol. The molecule has 0 bridgehead atoms. The predicted molar refractivity (Wildman–Crippen MR) is 165 cm³/mol. The Morgan fingerprint density at radius 1 is 1.09 bits per heavy atom. The molecule has 1 aromatic heterocycles. The molecule has 0 N–H and O–H groups in total. The van der Waals surface area contributed by atoms with Crippen LogP contribution in [0.4, 0.5) is 18.0 Å². The fraction of sp³-hybridized carbons (Fsp3) is 0.516. The maximum atomic E-state index is 13.7. The van der Waals surface area contributed by atoms with Gasteiger partial charge >= 0.3 is 12.3 Å². The highest BCUT2D eigenvalue weighted by Gasteiger charge is 2.42. The smallest absolute Gasteiger partial charge is 0.419 e. The lowest BCUT2D eigenvalue weighted by Gasteiger charge is -2.44. The molecule has 0 saturated carbocycles. The van der Waals surface area contributed by atoms with E-state index in [0.29, 0.717) is 19.4 Å². The SMILES string of the molecule is CC(C)(C)C[Si](C)(C)O[C@H]1CCCN(C(=O)OCc2ccccc2)[C@@H]1CC(=O)Cn1cnc2c(C(F)(F)F)c(Br)ccc21. The molecule has 2 heterocycles. The van der Waals surface area contributed by atoms with Crippen molar-refractivity contribution in [1.82, 2.24) is 14.5 Å². The Morgan fingerprint density at radius 2 is 1.79 bits per heavy atom. The Kier molecular flexibility index (Phi) is 10.1. The van der Waals surface area contributed by atoms with E-state index in [2.05, 4.69) is 54.8 Å². The molecule has 2 aromatic carbocycles. The van der Waals surface area contributed by atoms with Crippen molar-refractivity contribution in [2.75, 3.05) is 6.54 Å². The first-order valence-corrected chi connectivity index (χ1v) is 18.3. The van der Waals surface area contributed by atoms with Gasteiger partial charge in [0.05, 0.1) is 36.1 Å². The van der Waals surface area contributed by atoms with Crippen LogP contribution < -0.4 is 0 Å². The molecule has 4 rings (SSSR count). The molecule has 43 heavy (non-hydrogen) atoms. The molecule has 12 heteroatoms. The van der Waals surface area contributed by atoms with E-state index in [1.165, 1.54) is 23.0 Å². The maximum Gasteiger partial charge on any atom is 0.419 e. The van der Waals surface area contributed by atoms with Crippen LogP contribution in [0.15, 0.2) is 53.3 Å². The van der Waals surface area contributed by atoms with Gasteiger partial charge in [-0.2, -0.15) is 13.2 Å². The summed E-state index contributed by atoms with van der Waals surface area (Å²) in [6.45, 7) is 11.1. The summed E-state index contributed by atoms with van der Waals surface area (Å²) >= 11 is 2.98. The van der Waals surface area contributed by atoms with Crippen LogP contribution in [0.5, 0.6) is 0 Å². The van der Waals surface area contributed by atoms with E-state index in [4.69, 9.17) is 9.16 Å². The van der Waals surface area contributed by atoms with E-state index in [1.54, 1.807) is 4.90 Å². The molecule has 7 nitrogen and oxygen atoms in total. The number of imidazole rings is 1. The number of amides is 1. The first kappa shape index (κ1) is 33.2. The van der Waals surface area contributed by atoms with Gasteiger partial charge in [-0.25, -0.2) is 9.78 Å². The van der Waals surface area contributed by atoms with Gasteiger partial charge in [0.2, 0.25) is 0 Å². The summed E-state index contributed by atoms with van der Waals surface area (Å²) in [7, 11) is -2.20. The van der Waals surface area contributed by atoms with Crippen molar-refractivity contribution in [1.29, 1.82) is 0 Å². The molecule has 0 aliphatic carbocycles. The van der Waals surface area contributed by atoms with Gasteiger partial charge in [-0.3, -0.25) is 4.79 Å². The number of halogens is 4. The fourth-order valence-electron chi connectivity index (χ4n) is 6.15. The first-order valence-electron chi connectivity index (χ1n) is 14.4. The molecule has 1 amide bonds. The highest BCUT2D eigenvalue weighted by molar-refractivity contribution is 9.10. The van der Waals surface area contributed by atoms with Gasteiger partial charge in [-0.15, -0.1) is 0 Å². The van der Waals surface area contributed by atoms with Gasteiger partial charge in [0.15, 0.2) is 14.1 Å². The molecule has 0 radical (unpaired) electrons. The molecule has 0 spiro atoms. The van der Waals surface area contributed by atoms with Gasteiger partial charge in [0, 0.05) is 17.4 Å². The summed E-state index contributed by atoms with van der Waals surface area (Å²) in [6, 6.07) is 12.5. The molecular formula is C31H39BrF3N3O4Si. The first-order chi connectivity index (χ1) is 20.0. The van der Waals surface area contributed by atoms with E-state index in [9.17, 15) is 22.8 Å². The zero-order valence-electron chi connectivity index (χ0n) is 25.2. The monoisotopic (exact) mass is 681 g/mol. The number of carbonyl (C=O) groups is 2. The molecule has 1 saturated heterocycles. The summed E-state index contributed by atoms with van der Waals surface area (Å²) in [6.07, 6.45) is -2.86. The third-order valence-electron chi connectivity index (χ3n) is 7.39. The van der Waals surface area contributed by atoms with Crippen molar-refractivity contribution >= 4 is 47.2 Å². The zero-order chi connectivity index (χ0) is 31.6. The fourth-order valence-corrected chi connectivity index (χ4v) is 10.4. The van der Waals surface area contributed by atoms with Crippen LogP contribution in [0, 0.1) is 5.41 Å². The summed E-state index contributed by atoms with van der Waals surface area (Å²) in [5.41, 5.74) is 0.00319. The number of alkyl halides is 3. The van der Waals surface area contributed by atoms with Crippen molar-refractivity contribution in [2.24, 2.45) is 5.41 Å². The Morgan fingerprint density at radius 3 is 2.44 bits per heavy atom. The molecule has 1 fully saturated rings. The van der Waals surface area contributed by atoms with Crippen LogP contribution >= 0.6 is 15.9 Å². The quantitative estimate of drug-likeness (QED) is 0.213. The number of rotatable bonds is 9. The van der Waals surface area contributed by atoms with Gasteiger partial charge in [-0.05, 0) is 55.1 Å². The number of piperidine rings is 1. The lowest BCUT2D eigenvalue weighted by molar-refractivity contribution is -0.137. The topological polar surface area (TPSA) is 73.7 Å². The van der Waals surface area contributed by atoms with Crippen molar-refractivity contribution in [3.8, 4) is 0 Å².